The predicted octanol–water partition coefficient (Wildman–Crippen LogP) is 3.56. The fourth-order valence-electron chi connectivity index (χ4n) is 2.99. The summed E-state index contributed by atoms with van der Waals surface area (Å²) in [6.07, 6.45) is 2.40. The monoisotopic (exact) mass is 294 g/mol. The number of hydrogen-bond acceptors (Lipinski definition) is 3. The van der Waals surface area contributed by atoms with Gasteiger partial charge in [0.2, 0.25) is 5.95 Å². The van der Waals surface area contributed by atoms with E-state index < -0.39 is 0 Å². The van der Waals surface area contributed by atoms with Crippen LogP contribution in [0.4, 0.5) is 10.3 Å². The first-order chi connectivity index (χ1) is 10.8. The Morgan fingerprint density at radius 2 is 1.77 bits per heavy atom. The molecule has 1 aliphatic rings. The van der Waals surface area contributed by atoms with Crippen molar-refractivity contribution in [1.29, 1.82) is 0 Å². The van der Waals surface area contributed by atoms with E-state index in [1.54, 1.807) is 6.33 Å². The highest BCUT2D eigenvalue weighted by molar-refractivity contribution is 5.38. The van der Waals surface area contributed by atoms with Crippen molar-refractivity contribution < 1.29 is 4.39 Å². The first kappa shape index (κ1) is 13.0. The number of aromatic nitrogens is 3. The van der Waals surface area contributed by atoms with Gasteiger partial charge in [0.15, 0.2) is 0 Å². The van der Waals surface area contributed by atoms with Gasteiger partial charge in [-0.15, -0.1) is 0 Å². The molecule has 1 aromatic heterocycles. The van der Waals surface area contributed by atoms with Gasteiger partial charge >= 0.3 is 0 Å². The number of nitrogens with one attached hydrogen (secondary N) is 1. The number of hydrogen-bond donors (Lipinski definition) is 1. The summed E-state index contributed by atoms with van der Waals surface area (Å²) in [5.41, 5.74) is 2.25. The van der Waals surface area contributed by atoms with Crippen LogP contribution in [-0.4, -0.2) is 14.8 Å². The van der Waals surface area contributed by atoms with Crippen LogP contribution < -0.4 is 5.32 Å². The Kier molecular flexibility index (Phi) is 3.11. The Labute approximate surface area is 127 Å². The molecule has 0 unspecified atom stereocenters. The number of fused-ring (bicyclic) bond motifs is 1. The third kappa shape index (κ3) is 2.24. The lowest BCUT2D eigenvalue weighted by Crippen LogP contribution is -2.28. The Balaban J connectivity index is 1.72. The maximum Gasteiger partial charge on any atom is 0.222 e. The van der Waals surface area contributed by atoms with Crippen molar-refractivity contribution in [3.05, 3.63) is 77.9 Å². The van der Waals surface area contributed by atoms with Gasteiger partial charge in [-0.25, -0.2) is 9.07 Å². The van der Waals surface area contributed by atoms with Crippen molar-refractivity contribution in [2.75, 3.05) is 5.32 Å². The van der Waals surface area contributed by atoms with Gasteiger partial charge in [0.25, 0.3) is 0 Å². The van der Waals surface area contributed by atoms with Gasteiger partial charge in [-0.1, -0.05) is 42.5 Å². The molecule has 0 amide bonds. The molecule has 5 heteroatoms. The first-order valence-corrected chi connectivity index (χ1v) is 7.28. The van der Waals surface area contributed by atoms with Gasteiger partial charge < -0.3 is 5.32 Å². The molecule has 0 saturated carbocycles. The molecule has 0 fully saturated rings. The fraction of sp³-hybridized carbons (Fsp3) is 0.176. The summed E-state index contributed by atoms with van der Waals surface area (Å²) in [5.74, 6) is 0.525. The number of nitrogens with zero attached hydrogens (tertiary/aromatic N) is 3. The molecule has 110 valence electrons. The molecule has 0 saturated heterocycles. The predicted molar refractivity (Wildman–Crippen MR) is 82.0 cm³/mol. The molecule has 0 radical (unpaired) electrons. The van der Waals surface area contributed by atoms with Crippen LogP contribution in [0.25, 0.3) is 0 Å². The lowest BCUT2D eigenvalue weighted by molar-refractivity contribution is 0.430. The largest absolute Gasteiger partial charge is 0.348 e. The molecular formula is C17H15FN4. The molecule has 22 heavy (non-hydrogen) atoms. The maximum atomic E-state index is 13.1. The van der Waals surface area contributed by atoms with Gasteiger partial charge in [-0.3, -0.25) is 0 Å². The van der Waals surface area contributed by atoms with E-state index in [0.717, 1.165) is 17.9 Å². The molecule has 0 bridgehead atoms. The van der Waals surface area contributed by atoms with Gasteiger partial charge in [-0.2, -0.15) is 10.1 Å². The Hall–Kier alpha value is -2.69. The van der Waals surface area contributed by atoms with Gasteiger partial charge in [0.05, 0.1) is 12.1 Å². The SMILES string of the molecule is Fc1ccc([C@@H]2C[C@H](c3ccccc3)n3ncnc3N2)cc1. The van der Waals surface area contributed by atoms with Crippen LogP contribution in [0, 0.1) is 5.82 Å². The lowest BCUT2D eigenvalue weighted by Gasteiger charge is -2.31. The second-order valence-electron chi connectivity index (χ2n) is 5.44. The zero-order valence-electron chi connectivity index (χ0n) is 11.9. The van der Waals surface area contributed by atoms with Crippen LogP contribution in [-0.2, 0) is 0 Å². The molecule has 2 atom stereocenters. The number of anilines is 1. The van der Waals surface area contributed by atoms with E-state index in [2.05, 4.69) is 27.5 Å². The fourth-order valence-corrected chi connectivity index (χ4v) is 2.99. The van der Waals surface area contributed by atoms with Crippen molar-refractivity contribution in [3.63, 3.8) is 0 Å². The summed E-state index contributed by atoms with van der Waals surface area (Å²) in [6.45, 7) is 0. The summed E-state index contributed by atoms with van der Waals surface area (Å²) in [6, 6.07) is 17.1. The molecule has 1 aliphatic heterocycles. The highest BCUT2D eigenvalue weighted by Gasteiger charge is 2.29. The zero-order chi connectivity index (χ0) is 14.9. The van der Waals surface area contributed by atoms with Crippen LogP contribution in [0.2, 0.25) is 0 Å². The average Bonchev–Trinajstić information content (AvgIpc) is 3.04. The van der Waals surface area contributed by atoms with Crippen LogP contribution in [0.1, 0.15) is 29.6 Å². The molecular weight excluding hydrogens is 279 g/mol. The van der Waals surface area contributed by atoms with Crippen molar-refractivity contribution >= 4 is 5.95 Å². The summed E-state index contributed by atoms with van der Waals surface area (Å²) in [4.78, 5) is 4.29. The Bertz CT molecular complexity index is 767. The average molecular weight is 294 g/mol. The van der Waals surface area contributed by atoms with Gasteiger partial charge in [0.1, 0.15) is 12.1 Å². The molecule has 2 aromatic carbocycles. The lowest BCUT2D eigenvalue weighted by atomic mass is 9.93. The molecule has 4 rings (SSSR count). The number of benzene rings is 2. The highest BCUT2D eigenvalue weighted by Crippen LogP contribution is 2.37. The van der Waals surface area contributed by atoms with Crippen LogP contribution in [0.3, 0.4) is 0 Å². The van der Waals surface area contributed by atoms with Crippen molar-refractivity contribution in [2.24, 2.45) is 0 Å². The minimum Gasteiger partial charge on any atom is -0.348 e. The van der Waals surface area contributed by atoms with Crippen molar-refractivity contribution in [2.45, 2.75) is 18.5 Å². The Morgan fingerprint density at radius 3 is 2.55 bits per heavy atom. The van der Waals surface area contributed by atoms with Crippen molar-refractivity contribution in [3.8, 4) is 0 Å². The molecule has 0 aliphatic carbocycles. The molecule has 4 nitrogen and oxygen atoms in total. The minimum atomic E-state index is -0.220. The topological polar surface area (TPSA) is 42.7 Å². The van der Waals surface area contributed by atoms with Crippen LogP contribution in [0.5, 0.6) is 0 Å². The maximum absolute atomic E-state index is 13.1. The summed E-state index contributed by atoms with van der Waals surface area (Å²) >= 11 is 0. The first-order valence-electron chi connectivity index (χ1n) is 7.28. The summed E-state index contributed by atoms with van der Waals surface area (Å²) in [5, 5.41) is 7.72. The van der Waals surface area contributed by atoms with Crippen LogP contribution in [0.15, 0.2) is 60.9 Å². The Morgan fingerprint density at radius 1 is 1.00 bits per heavy atom. The van der Waals surface area contributed by atoms with E-state index in [9.17, 15) is 4.39 Å². The zero-order valence-corrected chi connectivity index (χ0v) is 11.9. The second kappa shape index (κ2) is 5.26. The molecule has 3 aromatic rings. The molecule has 2 heterocycles. The second-order valence-corrected chi connectivity index (χ2v) is 5.44. The minimum absolute atomic E-state index is 0.0857. The van der Waals surface area contributed by atoms with E-state index in [4.69, 9.17) is 0 Å². The van der Waals surface area contributed by atoms with Gasteiger partial charge in [0, 0.05) is 0 Å². The van der Waals surface area contributed by atoms with Crippen molar-refractivity contribution in [1.82, 2.24) is 14.8 Å². The highest BCUT2D eigenvalue weighted by atomic mass is 19.1. The smallest absolute Gasteiger partial charge is 0.222 e. The molecule has 0 spiro atoms. The third-order valence-electron chi connectivity index (χ3n) is 4.09. The van der Waals surface area contributed by atoms with E-state index >= 15 is 0 Å². The standard InChI is InChI=1S/C17H15FN4/c18-14-8-6-12(7-9-14)15-10-16(13-4-2-1-3-5-13)22-17(21-15)19-11-20-22/h1-9,11,15-16H,10H2,(H,19,20,21)/t15-,16+/m0/s1. The summed E-state index contributed by atoms with van der Waals surface area (Å²) < 4.78 is 15.1. The van der Waals surface area contributed by atoms with E-state index in [1.807, 2.05) is 35.0 Å². The quantitative estimate of drug-likeness (QED) is 0.786. The van der Waals surface area contributed by atoms with E-state index in [-0.39, 0.29) is 17.9 Å². The normalized spacial score (nSPS) is 20.2. The van der Waals surface area contributed by atoms with Crippen LogP contribution >= 0.6 is 0 Å². The van der Waals surface area contributed by atoms with E-state index in [0.29, 0.717) is 0 Å². The van der Waals surface area contributed by atoms with Gasteiger partial charge in [-0.05, 0) is 29.7 Å². The van der Waals surface area contributed by atoms with E-state index in [1.165, 1.54) is 17.7 Å². The number of halogens is 1. The third-order valence-corrected chi connectivity index (χ3v) is 4.09. The molecule has 1 N–H and O–H groups in total. The summed E-state index contributed by atoms with van der Waals surface area (Å²) in [7, 11) is 0. The number of rotatable bonds is 2.